The molecule has 4 rings (SSSR count). The Kier molecular flexibility index (Phi) is 5.45. The summed E-state index contributed by atoms with van der Waals surface area (Å²) in [5.41, 5.74) is 2.40. The Balaban J connectivity index is 1.25. The summed E-state index contributed by atoms with van der Waals surface area (Å²) in [6.45, 7) is 1.64. The second-order valence-electron chi connectivity index (χ2n) is 8.17. The van der Waals surface area contributed by atoms with Crippen molar-refractivity contribution in [1.82, 2.24) is 10.2 Å². The summed E-state index contributed by atoms with van der Waals surface area (Å²) in [4.78, 5) is 25.7. The minimum atomic E-state index is -0.767. The highest BCUT2D eigenvalue weighted by molar-refractivity contribution is 5.77. The van der Waals surface area contributed by atoms with Gasteiger partial charge in [-0.25, -0.2) is 0 Å². The number of amides is 1. The second-order valence-corrected chi connectivity index (χ2v) is 8.17. The Bertz CT molecular complexity index is 697. The van der Waals surface area contributed by atoms with E-state index in [2.05, 4.69) is 16.3 Å². The van der Waals surface area contributed by atoms with Crippen molar-refractivity contribution in [2.24, 2.45) is 5.92 Å². The maximum atomic E-state index is 12.5. The van der Waals surface area contributed by atoms with Crippen LogP contribution in [0.3, 0.4) is 0 Å². The SMILES string of the molecule is O=C(O)CN(CC1CC1)C1CC(NC(=O)CC2OCCc3ccccc32)C1. The number of fused-ring (bicyclic) bond motifs is 1. The Hall–Kier alpha value is -1.92. The Labute approximate surface area is 159 Å². The molecule has 1 aliphatic heterocycles. The molecule has 1 amide bonds. The molecule has 0 spiro atoms. The summed E-state index contributed by atoms with van der Waals surface area (Å²) >= 11 is 0. The minimum Gasteiger partial charge on any atom is -0.480 e. The van der Waals surface area contributed by atoms with E-state index in [1.165, 1.54) is 18.4 Å². The van der Waals surface area contributed by atoms with E-state index in [0.717, 1.165) is 31.4 Å². The monoisotopic (exact) mass is 372 g/mol. The van der Waals surface area contributed by atoms with Crippen molar-refractivity contribution in [3.05, 3.63) is 35.4 Å². The molecule has 27 heavy (non-hydrogen) atoms. The molecule has 2 fully saturated rings. The number of carboxylic acids is 1. The quantitative estimate of drug-likeness (QED) is 0.731. The van der Waals surface area contributed by atoms with Gasteiger partial charge in [-0.2, -0.15) is 0 Å². The summed E-state index contributed by atoms with van der Waals surface area (Å²) in [6.07, 6.45) is 5.20. The summed E-state index contributed by atoms with van der Waals surface area (Å²) < 4.78 is 5.83. The molecule has 1 aromatic rings. The molecule has 3 aliphatic rings. The third-order valence-electron chi connectivity index (χ3n) is 5.99. The zero-order valence-corrected chi connectivity index (χ0v) is 15.6. The number of rotatable bonds is 8. The number of nitrogens with one attached hydrogen (secondary N) is 1. The lowest BCUT2D eigenvalue weighted by molar-refractivity contribution is -0.140. The number of carboxylic acid groups (broad SMARTS) is 1. The van der Waals surface area contributed by atoms with Crippen LogP contribution >= 0.6 is 0 Å². The van der Waals surface area contributed by atoms with Gasteiger partial charge in [0.15, 0.2) is 0 Å². The first-order valence-electron chi connectivity index (χ1n) is 10.0. The van der Waals surface area contributed by atoms with Crippen LogP contribution in [0.15, 0.2) is 24.3 Å². The van der Waals surface area contributed by atoms with Gasteiger partial charge in [-0.15, -0.1) is 0 Å². The summed E-state index contributed by atoms with van der Waals surface area (Å²) in [5.74, 6) is -0.0788. The predicted molar refractivity (Wildman–Crippen MR) is 100 cm³/mol. The van der Waals surface area contributed by atoms with Crippen LogP contribution < -0.4 is 5.32 Å². The first-order chi connectivity index (χ1) is 13.1. The molecule has 6 heteroatoms. The van der Waals surface area contributed by atoms with Crippen LogP contribution in [0, 0.1) is 5.92 Å². The smallest absolute Gasteiger partial charge is 0.317 e. The standard InChI is InChI=1S/C21H28N2O4/c24-20(11-19-18-4-2-1-3-15(18)7-8-27-19)22-16-9-17(10-16)23(13-21(25)26)12-14-5-6-14/h1-4,14,16-17,19H,5-13H2,(H,22,24)(H,25,26). The van der Waals surface area contributed by atoms with Crippen molar-refractivity contribution < 1.29 is 19.4 Å². The van der Waals surface area contributed by atoms with Crippen LogP contribution in [0.1, 0.15) is 49.3 Å². The molecular weight excluding hydrogens is 344 g/mol. The molecule has 1 heterocycles. The highest BCUT2D eigenvalue weighted by Gasteiger charge is 2.38. The normalized spacial score (nSPS) is 26.9. The first-order valence-corrected chi connectivity index (χ1v) is 10.0. The zero-order chi connectivity index (χ0) is 18.8. The van der Waals surface area contributed by atoms with Crippen molar-refractivity contribution in [2.75, 3.05) is 19.7 Å². The van der Waals surface area contributed by atoms with Gasteiger partial charge in [-0.1, -0.05) is 24.3 Å². The summed E-state index contributed by atoms with van der Waals surface area (Å²) in [7, 11) is 0. The highest BCUT2D eigenvalue weighted by Crippen LogP contribution is 2.34. The molecule has 2 saturated carbocycles. The zero-order valence-electron chi connectivity index (χ0n) is 15.6. The van der Waals surface area contributed by atoms with Crippen molar-refractivity contribution >= 4 is 11.9 Å². The van der Waals surface area contributed by atoms with Crippen molar-refractivity contribution in [1.29, 1.82) is 0 Å². The van der Waals surface area contributed by atoms with Gasteiger partial charge in [0.2, 0.25) is 5.91 Å². The lowest BCUT2D eigenvalue weighted by Crippen LogP contribution is -2.55. The van der Waals surface area contributed by atoms with Gasteiger partial charge in [-0.3, -0.25) is 14.5 Å². The van der Waals surface area contributed by atoms with Gasteiger partial charge in [0, 0.05) is 18.6 Å². The van der Waals surface area contributed by atoms with Gasteiger partial charge < -0.3 is 15.2 Å². The fourth-order valence-corrected chi connectivity index (χ4v) is 4.25. The van der Waals surface area contributed by atoms with Gasteiger partial charge >= 0.3 is 5.97 Å². The Morgan fingerprint density at radius 2 is 2.00 bits per heavy atom. The molecule has 0 bridgehead atoms. The van der Waals surface area contributed by atoms with Crippen LogP contribution in [0.4, 0.5) is 0 Å². The fourth-order valence-electron chi connectivity index (χ4n) is 4.25. The molecule has 0 aromatic heterocycles. The predicted octanol–water partition coefficient (Wildman–Crippen LogP) is 2.13. The lowest BCUT2D eigenvalue weighted by Gasteiger charge is -2.43. The fraction of sp³-hybridized carbons (Fsp3) is 0.619. The number of hydrogen-bond acceptors (Lipinski definition) is 4. The molecule has 1 unspecified atom stereocenters. The highest BCUT2D eigenvalue weighted by atomic mass is 16.5. The Morgan fingerprint density at radius 3 is 2.74 bits per heavy atom. The van der Waals surface area contributed by atoms with Crippen molar-refractivity contribution in [3.63, 3.8) is 0 Å². The third kappa shape index (κ3) is 4.68. The van der Waals surface area contributed by atoms with Crippen LogP contribution in [-0.4, -0.2) is 53.7 Å². The van der Waals surface area contributed by atoms with E-state index in [1.807, 2.05) is 18.2 Å². The number of carbonyl (C=O) groups excluding carboxylic acids is 1. The molecule has 2 N–H and O–H groups in total. The van der Waals surface area contributed by atoms with Gasteiger partial charge in [0.1, 0.15) is 0 Å². The minimum absolute atomic E-state index is 0.0205. The maximum absolute atomic E-state index is 12.5. The molecule has 6 nitrogen and oxygen atoms in total. The van der Waals surface area contributed by atoms with Gasteiger partial charge in [-0.05, 0) is 49.1 Å². The van der Waals surface area contributed by atoms with Crippen LogP contribution in [-0.2, 0) is 20.7 Å². The van der Waals surface area contributed by atoms with E-state index in [-0.39, 0.29) is 30.6 Å². The second kappa shape index (κ2) is 7.98. The number of ether oxygens (including phenoxy) is 1. The molecule has 2 aliphatic carbocycles. The average molecular weight is 372 g/mol. The largest absolute Gasteiger partial charge is 0.480 e. The van der Waals surface area contributed by atoms with E-state index in [1.54, 1.807) is 0 Å². The number of nitrogens with zero attached hydrogens (tertiary/aromatic N) is 1. The first kappa shape index (κ1) is 18.4. The molecule has 1 aromatic carbocycles. The molecule has 0 saturated heterocycles. The van der Waals surface area contributed by atoms with E-state index in [9.17, 15) is 9.59 Å². The molecule has 1 atom stereocenters. The van der Waals surface area contributed by atoms with E-state index in [4.69, 9.17) is 9.84 Å². The number of carbonyl (C=O) groups is 2. The molecule has 0 radical (unpaired) electrons. The lowest BCUT2D eigenvalue weighted by atomic mass is 9.85. The van der Waals surface area contributed by atoms with Gasteiger partial charge in [0.25, 0.3) is 0 Å². The van der Waals surface area contributed by atoms with Crippen LogP contribution in [0.25, 0.3) is 0 Å². The van der Waals surface area contributed by atoms with E-state index < -0.39 is 5.97 Å². The topological polar surface area (TPSA) is 78.9 Å². The van der Waals surface area contributed by atoms with E-state index in [0.29, 0.717) is 18.9 Å². The molecular formula is C21H28N2O4. The number of benzene rings is 1. The van der Waals surface area contributed by atoms with Crippen molar-refractivity contribution in [3.8, 4) is 0 Å². The van der Waals surface area contributed by atoms with Gasteiger partial charge in [0.05, 0.1) is 25.7 Å². The number of hydrogen-bond donors (Lipinski definition) is 2. The average Bonchev–Trinajstić information content (AvgIpc) is 3.41. The number of aliphatic carboxylic acids is 1. The third-order valence-corrected chi connectivity index (χ3v) is 5.99. The summed E-state index contributed by atoms with van der Waals surface area (Å²) in [5, 5.41) is 12.2. The Morgan fingerprint density at radius 1 is 1.22 bits per heavy atom. The summed E-state index contributed by atoms with van der Waals surface area (Å²) in [6, 6.07) is 8.60. The van der Waals surface area contributed by atoms with Crippen molar-refractivity contribution in [2.45, 2.75) is 56.7 Å². The van der Waals surface area contributed by atoms with Crippen LogP contribution in [0.5, 0.6) is 0 Å². The van der Waals surface area contributed by atoms with E-state index >= 15 is 0 Å². The van der Waals surface area contributed by atoms with Crippen LogP contribution in [0.2, 0.25) is 0 Å². The molecule has 146 valence electrons. The maximum Gasteiger partial charge on any atom is 0.317 e.